The van der Waals surface area contributed by atoms with Crippen LogP contribution in [0.5, 0.6) is 5.75 Å². The van der Waals surface area contributed by atoms with Crippen LogP contribution in [0.3, 0.4) is 0 Å². The quantitative estimate of drug-likeness (QED) is 0.476. The van der Waals surface area contributed by atoms with Crippen LogP contribution in [0.4, 0.5) is 13.2 Å². The molecule has 2 rings (SSSR count). The van der Waals surface area contributed by atoms with E-state index in [4.69, 9.17) is 27.9 Å². The van der Waals surface area contributed by atoms with Gasteiger partial charge in [-0.25, -0.2) is 0 Å². The van der Waals surface area contributed by atoms with Crippen LogP contribution in [0.15, 0.2) is 54.6 Å². The van der Waals surface area contributed by atoms with Crippen molar-refractivity contribution in [1.82, 2.24) is 0 Å². The van der Waals surface area contributed by atoms with E-state index in [1.54, 1.807) is 19.2 Å². The van der Waals surface area contributed by atoms with E-state index in [9.17, 15) is 22.8 Å². The van der Waals surface area contributed by atoms with Crippen LogP contribution in [-0.2, 0) is 22.2 Å². The highest BCUT2D eigenvalue weighted by atomic mass is 35.5. The van der Waals surface area contributed by atoms with Crippen molar-refractivity contribution >= 4 is 39.8 Å². The molecule has 2 aromatic carbocycles. The molecule has 0 aliphatic carbocycles. The molecular weight excluding hydrogens is 404 g/mol. The summed E-state index contributed by atoms with van der Waals surface area (Å²) < 4.78 is 41.7. The highest BCUT2D eigenvalue weighted by Gasteiger charge is 2.30. The summed E-state index contributed by atoms with van der Waals surface area (Å²) >= 11 is 10.2. The molecule has 0 N–H and O–H groups in total. The van der Waals surface area contributed by atoms with E-state index in [0.29, 0.717) is 0 Å². The number of carbonyl (C=O) groups is 2. The van der Waals surface area contributed by atoms with Crippen molar-refractivity contribution in [2.45, 2.75) is 12.6 Å². The number of hydrogen-bond acceptors (Lipinski definition) is 3. The van der Waals surface area contributed by atoms with Gasteiger partial charge < -0.3 is 4.74 Å². The van der Waals surface area contributed by atoms with E-state index in [2.05, 4.69) is 0 Å². The van der Waals surface area contributed by atoms with Crippen molar-refractivity contribution in [3.63, 3.8) is 0 Å². The minimum Gasteiger partial charge on any atom is -0.497 e. The summed E-state index contributed by atoms with van der Waals surface area (Å²) in [5, 5.41) is -1.08. The molecule has 27 heavy (non-hydrogen) atoms. The highest BCUT2D eigenvalue weighted by molar-refractivity contribution is 6.66. The lowest BCUT2D eigenvalue weighted by Gasteiger charge is -2.06. The van der Waals surface area contributed by atoms with Gasteiger partial charge in [0.1, 0.15) is 5.75 Å². The Balaban J connectivity index is 0.000000277. The third-order valence-electron chi connectivity index (χ3n) is 3.12. The molecule has 0 atom stereocenters. The average Bonchev–Trinajstić information content (AvgIpc) is 2.60. The van der Waals surface area contributed by atoms with Crippen molar-refractivity contribution in [2.75, 3.05) is 7.11 Å². The Labute approximate surface area is 164 Å². The molecule has 0 radical (unpaired) electrons. The smallest absolute Gasteiger partial charge is 0.416 e. The summed E-state index contributed by atoms with van der Waals surface area (Å²) in [5.74, 6) is 0.778. The zero-order chi connectivity index (χ0) is 20.4. The molecule has 0 aromatic heterocycles. The number of benzene rings is 2. The van der Waals surface area contributed by atoms with Crippen LogP contribution in [0.25, 0.3) is 6.08 Å². The summed E-state index contributed by atoms with van der Waals surface area (Å²) in [6.07, 6.45) is -1.89. The zero-order valence-corrected chi connectivity index (χ0v) is 15.6. The first kappa shape index (κ1) is 22.7. The third kappa shape index (κ3) is 9.26. The van der Waals surface area contributed by atoms with Gasteiger partial charge in [0.25, 0.3) is 0 Å². The van der Waals surface area contributed by atoms with Gasteiger partial charge in [-0.15, -0.1) is 0 Å². The fraction of sp³-hybridized carbons (Fsp3) is 0.158. The third-order valence-corrected chi connectivity index (χ3v) is 3.38. The molecule has 0 heterocycles. The minimum absolute atomic E-state index is 0.269. The van der Waals surface area contributed by atoms with Gasteiger partial charge in [0.15, 0.2) is 0 Å². The molecule has 0 unspecified atom stereocenters. The summed E-state index contributed by atoms with van der Waals surface area (Å²) in [6.45, 7) is 0. The second-order valence-corrected chi connectivity index (χ2v) is 5.93. The highest BCUT2D eigenvalue weighted by Crippen LogP contribution is 2.29. The van der Waals surface area contributed by atoms with E-state index >= 15 is 0 Å². The average molecular weight is 419 g/mol. The summed E-state index contributed by atoms with van der Waals surface area (Å²) in [7, 11) is 1.60. The van der Waals surface area contributed by atoms with Gasteiger partial charge >= 0.3 is 6.18 Å². The van der Waals surface area contributed by atoms with Crippen LogP contribution >= 0.6 is 23.2 Å². The van der Waals surface area contributed by atoms with Crippen LogP contribution in [-0.4, -0.2) is 17.6 Å². The molecular formula is C19H15Cl2F3O3. The summed E-state index contributed by atoms with van der Waals surface area (Å²) in [6, 6.07) is 11.9. The van der Waals surface area contributed by atoms with E-state index in [1.807, 2.05) is 12.1 Å². The fourth-order valence-electron chi connectivity index (χ4n) is 1.88. The van der Waals surface area contributed by atoms with Crippen molar-refractivity contribution in [3.05, 3.63) is 71.3 Å². The Hall–Kier alpha value is -2.31. The lowest BCUT2D eigenvalue weighted by atomic mass is 10.1. The molecule has 0 spiro atoms. The number of halogens is 5. The predicted molar refractivity (Wildman–Crippen MR) is 98.9 cm³/mol. The van der Waals surface area contributed by atoms with Crippen molar-refractivity contribution in [2.24, 2.45) is 0 Å². The van der Waals surface area contributed by atoms with Crippen LogP contribution in [0, 0.1) is 0 Å². The van der Waals surface area contributed by atoms with E-state index in [0.717, 1.165) is 29.5 Å². The molecule has 0 bridgehead atoms. The Morgan fingerprint density at radius 3 is 2.19 bits per heavy atom. The Morgan fingerprint density at radius 1 is 1.07 bits per heavy atom. The zero-order valence-electron chi connectivity index (χ0n) is 14.1. The molecule has 0 fully saturated rings. The van der Waals surface area contributed by atoms with Crippen LogP contribution < -0.4 is 4.74 Å². The van der Waals surface area contributed by atoms with E-state index in [-0.39, 0.29) is 17.2 Å². The number of allylic oxidation sites excluding steroid dienone is 1. The fourth-order valence-corrected chi connectivity index (χ4v) is 2.10. The van der Waals surface area contributed by atoms with E-state index in [1.165, 1.54) is 18.2 Å². The van der Waals surface area contributed by atoms with Gasteiger partial charge in [-0.05, 0) is 64.7 Å². The largest absolute Gasteiger partial charge is 0.497 e. The molecule has 144 valence electrons. The first-order chi connectivity index (χ1) is 12.6. The Morgan fingerprint density at radius 2 is 1.70 bits per heavy atom. The monoisotopic (exact) mass is 418 g/mol. The summed E-state index contributed by atoms with van der Waals surface area (Å²) in [4.78, 5) is 20.9. The van der Waals surface area contributed by atoms with Crippen LogP contribution in [0.1, 0.15) is 16.7 Å². The first-order valence-electron chi connectivity index (χ1n) is 7.48. The maximum Gasteiger partial charge on any atom is 0.416 e. The molecule has 8 heteroatoms. The number of ether oxygens (including phenoxy) is 1. The van der Waals surface area contributed by atoms with Gasteiger partial charge in [0, 0.05) is 6.42 Å². The van der Waals surface area contributed by atoms with Gasteiger partial charge in [-0.2, -0.15) is 13.2 Å². The summed E-state index contributed by atoms with van der Waals surface area (Å²) in [5.41, 5.74) is 0.418. The molecule has 0 aliphatic heterocycles. The molecule has 3 nitrogen and oxygen atoms in total. The maximum atomic E-state index is 12.2. The van der Waals surface area contributed by atoms with Gasteiger partial charge in [0.2, 0.25) is 10.5 Å². The Bertz CT molecular complexity index is 801. The second-order valence-electron chi connectivity index (χ2n) is 5.14. The normalized spacial score (nSPS) is 10.9. The maximum absolute atomic E-state index is 12.2. The van der Waals surface area contributed by atoms with Crippen molar-refractivity contribution in [3.8, 4) is 5.75 Å². The Kier molecular flexibility index (Phi) is 9.05. The van der Waals surface area contributed by atoms with Gasteiger partial charge in [0.05, 0.1) is 12.7 Å². The number of alkyl halides is 3. The first-order valence-corrected chi connectivity index (χ1v) is 8.23. The molecule has 0 saturated heterocycles. The lowest BCUT2D eigenvalue weighted by Crippen LogP contribution is -2.04. The van der Waals surface area contributed by atoms with Gasteiger partial charge in [-0.1, -0.05) is 30.3 Å². The number of hydrogen-bond donors (Lipinski definition) is 0. The number of carbonyl (C=O) groups excluding carboxylic acids is 2. The van der Waals surface area contributed by atoms with Crippen LogP contribution in [0.2, 0.25) is 0 Å². The van der Waals surface area contributed by atoms with Gasteiger partial charge in [-0.3, -0.25) is 9.59 Å². The van der Waals surface area contributed by atoms with Crippen molar-refractivity contribution < 1.29 is 27.5 Å². The SMILES string of the molecule is COc1ccc(CC(=O)Cl)cc1.O=C(Cl)C=Cc1cccc(C(F)(F)F)c1. The molecule has 2 aromatic rings. The molecule has 0 aliphatic rings. The number of methoxy groups -OCH3 is 1. The van der Waals surface area contributed by atoms with E-state index < -0.39 is 17.0 Å². The minimum atomic E-state index is -4.38. The molecule has 0 amide bonds. The topological polar surface area (TPSA) is 43.4 Å². The standard InChI is InChI=1S/C10H6ClF3O.C9H9ClO2/c11-9(15)5-4-7-2-1-3-8(6-7)10(12,13)14;1-12-8-4-2-7(3-5-8)6-9(10)11/h1-6H;2-5H,6H2,1H3. The van der Waals surface area contributed by atoms with Crippen molar-refractivity contribution in [1.29, 1.82) is 0 Å². The second kappa shape index (κ2) is 10.7. The number of rotatable bonds is 5. The predicted octanol–water partition coefficient (Wildman–Crippen LogP) is 5.49. The molecule has 0 saturated carbocycles. The lowest BCUT2D eigenvalue weighted by molar-refractivity contribution is -0.137.